The van der Waals surface area contributed by atoms with Gasteiger partial charge in [0.25, 0.3) is 5.56 Å². The molecule has 0 aliphatic heterocycles. The summed E-state index contributed by atoms with van der Waals surface area (Å²) < 4.78 is 3.37. The number of rotatable bonds is 0. The van der Waals surface area contributed by atoms with Crippen molar-refractivity contribution >= 4 is 5.52 Å². The maximum absolute atomic E-state index is 11.3. The van der Waals surface area contributed by atoms with Crippen LogP contribution in [0, 0.1) is 0 Å². The summed E-state index contributed by atoms with van der Waals surface area (Å²) in [5, 5.41) is 0. The first-order valence-electron chi connectivity index (χ1n) is 3.41. The first-order valence-corrected chi connectivity index (χ1v) is 3.41. The van der Waals surface area contributed by atoms with Crippen LogP contribution in [0.25, 0.3) is 5.52 Å². The van der Waals surface area contributed by atoms with Crippen molar-refractivity contribution in [2.24, 2.45) is 7.05 Å². The van der Waals surface area contributed by atoms with Gasteiger partial charge in [-0.15, -0.1) is 0 Å². The van der Waals surface area contributed by atoms with Crippen molar-refractivity contribution in [1.82, 2.24) is 8.97 Å². The van der Waals surface area contributed by atoms with E-state index < -0.39 is 0 Å². The van der Waals surface area contributed by atoms with Crippen molar-refractivity contribution in [1.29, 1.82) is 0 Å². The van der Waals surface area contributed by atoms with Crippen molar-refractivity contribution < 1.29 is 0 Å². The molecule has 11 heavy (non-hydrogen) atoms. The second-order valence-corrected chi connectivity index (χ2v) is 2.51. The standard InChI is InChI=1S/C8H8N2O/c1-9-5-6-10-4-2-3-7(10)8(9)11/h2-6H,1H3. The van der Waals surface area contributed by atoms with Crippen LogP contribution in [0.2, 0.25) is 0 Å². The Balaban J connectivity index is 3.05. The molecule has 2 aromatic rings. The second-order valence-electron chi connectivity index (χ2n) is 2.51. The Kier molecular flexibility index (Phi) is 1.12. The van der Waals surface area contributed by atoms with E-state index in [-0.39, 0.29) is 5.56 Å². The first-order chi connectivity index (χ1) is 5.29. The topological polar surface area (TPSA) is 26.4 Å². The van der Waals surface area contributed by atoms with Gasteiger partial charge in [-0.2, -0.15) is 0 Å². The van der Waals surface area contributed by atoms with Gasteiger partial charge in [0.1, 0.15) is 5.52 Å². The summed E-state index contributed by atoms with van der Waals surface area (Å²) in [7, 11) is 1.75. The van der Waals surface area contributed by atoms with Gasteiger partial charge in [-0.05, 0) is 12.1 Å². The normalized spacial score (nSPS) is 10.6. The predicted molar refractivity (Wildman–Crippen MR) is 42.6 cm³/mol. The van der Waals surface area contributed by atoms with Crippen molar-refractivity contribution in [3.63, 3.8) is 0 Å². The van der Waals surface area contributed by atoms with Crippen LogP contribution in [0.3, 0.4) is 0 Å². The molecule has 0 radical (unpaired) electrons. The number of hydrogen-bond acceptors (Lipinski definition) is 1. The summed E-state index contributed by atoms with van der Waals surface area (Å²) in [5.74, 6) is 0. The molecule has 0 aromatic carbocycles. The second kappa shape index (κ2) is 1.99. The molecule has 3 heteroatoms. The van der Waals surface area contributed by atoms with Gasteiger partial charge >= 0.3 is 0 Å². The Bertz CT molecular complexity index is 439. The molecule has 0 aliphatic carbocycles. The molecular formula is C8H8N2O. The van der Waals surface area contributed by atoms with Gasteiger partial charge < -0.3 is 8.97 Å². The van der Waals surface area contributed by atoms with Gasteiger partial charge in [0.05, 0.1) is 0 Å². The molecule has 2 rings (SSSR count). The van der Waals surface area contributed by atoms with E-state index in [0.717, 1.165) is 5.52 Å². The third-order valence-corrected chi connectivity index (χ3v) is 1.77. The smallest absolute Gasteiger partial charge is 0.274 e. The number of hydrogen-bond donors (Lipinski definition) is 0. The lowest BCUT2D eigenvalue weighted by Gasteiger charge is -1.96. The van der Waals surface area contributed by atoms with Crippen LogP contribution in [0.4, 0.5) is 0 Å². The summed E-state index contributed by atoms with van der Waals surface area (Å²) in [6, 6.07) is 3.67. The van der Waals surface area contributed by atoms with Crippen molar-refractivity contribution in [3.05, 3.63) is 41.1 Å². The molecule has 0 atom stereocenters. The highest BCUT2D eigenvalue weighted by atomic mass is 16.1. The predicted octanol–water partition coefficient (Wildman–Crippen LogP) is 0.638. The Morgan fingerprint density at radius 3 is 2.91 bits per heavy atom. The summed E-state index contributed by atoms with van der Waals surface area (Å²) in [6.45, 7) is 0. The minimum Gasteiger partial charge on any atom is -0.318 e. The van der Waals surface area contributed by atoms with E-state index in [2.05, 4.69) is 0 Å². The maximum atomic E-state index is 11.3. The molecule has 0 bridgehead atoms. The molecule has 2 aromatic heterocycles. The lowest BCUT2D eigenvalue weighted by atomic mass is 10.5. The molecule has 0 amide bonds. The molecule has 0 saturated heterocycles. The van der Waals surface area contributed by atoms with Crippen molar-refractivity contribution in [3.8, 4) is 0 Å². The minimum absolute atomic E-state index is 0.0394. The Morgan fingerprint density at radius 1 is 1.27 bits per heavy atom. The van der Waals surface area contributed by atoms with Gasteiger partial charge in [0.15, 0.2) is 0 Å². The molecule has 0 unspecified atom stereocenters. The summed E-state index contributed by atoms with van der Waals surface area (Å²) >= 11 is 0. The largest absolute Gasteiger partial charge is 0.318 e. The van der Waals surface area contributed by atoms with Crippen LogP contribution in [0.15, 0.2) is 35.5 Å². The highest BCUT2D eigenvalue weighted by molar-refractivity contribution is 5.44. The van der Waals surface area contributed by atoms with Gasteiger partial charge in [-0.3, -0.25) is 4.79 Å². The first kappa shape index (κ1) is 6.22. The molecule has 0 spiro atoms. The van der Waals surface area contributed by atoms with Crippen LogP contribution in [0.1, 0.15) is 0 Å². The zero-order chi connectivity index (χ0) is 7.84. The Morgan fingerprint density at radius 2 is 2.09 bits per heavy atom. The monoisotopic (exact) mass is 148 g/mol. The fourth-order valence-corrected chi connectivity index (χ4v) is 1.13. The zero-order valence-electron chi connectivity index (χ0n) is 6.19. The number of fused-ring (bicyclic) bond motifs is 1. The van der Waals surface area contributed by atoms with E-state index in [9.17, 15) is 4.79 Å². The third-order valence-electron chi connectivity index (χ3n) is 1.77. The molecule has 0 N–H and O–H groups in total. The average Bonchev–Trinajstić information content (AvgIpc) is 2.45. The maximum Gasteiger partial charge on any atom is 0.274 e. The molecule has 0 saturated carbocycles. The molecule has 3 nitrogen and oxygen atoms in total. The van der Waals surface area contributed by atoms with E-state index in [1.54, 1.807) is 17.8 Å². The average molecular weight is 148 g/mol. The molecule has 2 heterocycles. The van der Waals surface area contributed by atoms with E-state index in [4.69, 9.17) is 0 Å². The lowest BCUT2D eigenvalue weighted by molar-refractivity contribution is 0.846. The Labute approximate surface area is 63.5 Å². The zero-order valence-corrected chi connectivity index (χ0v) is 6.19. The third kappa shape index (κ3) is 0.774. The van der Waals surface area contributed by atoms with Crippen LogP contribution >= 0.6 is 0 Å². The van der Waals surface area contributed by atoms with Gasteiger partial charge in [0, 0.05) is 25.6 Å². The lowest BCUT2D eigenvalue weighted by Crippen LogP contribution is -2.17. The fraction of sp³-hybridized carbons (Fsp3) is 0.125. The van der Waals surface area contributed by atoms with Crippen molar-refractivity contribution in [2.45, 2.75) is 0 Å². The molecular weight excluding hydrogens is 140 g/mol. The van der Waals surface area contributed by atoms with Gasteiger partial charge in [0.2, 0.25) is 0 Å². The van der Waals surface area contributed by atoms with E-state index in [1.807, 2.05) is 28.9 Å². The van der Waals surface area contributed by atoms with E-state index in [1.165, 1.54) is 0 Å². The SMILES string of the molecule is Cn1ccn2cccc2c1=O. The summed E-state index contributed by atoms with van der Waals surface area (Å²) in [5.41, 5.74) is 0.757. The van der Waals surface area contributed by atoms with Crippen LogP contribution < -0.4 is 5.56 Å². The van der Waals surface area contributed by atoms with Crippen molar-refractivity contribution in [2.75, 3.05) is 0 Å². The van der Waals surface area contributed by atoms with Gasteiger partial charge in [-0.25, -0.2) is 0 Å². The Hall–Kier alpha value is -1.51. The van der Waals surface area contributed by atoms with Crippen LogP contribution in [-0.2, 0) is 7.05 Å². The highest BCUT2D eigenvalue weighted by Gasteiger charge is 1.96. The minimum atomic E-state index is 0.0394. The summed E-state index contributed by atoms with van der Waals surface area (Å²) in [6.07, 6.45) is 5.46. The molecule has 0 aliphatic rings. The number of aromatic nitrogens is 2. The number of aryl methyl sites for hydroxylation is 1. The van der Waals surface area contributed by atoms with Gasteiger partial charge in [-0.1, -0.05) is 0 Å². The van der Waals surface area contributed by atoms with E-state index in [0.29, 0.717) is 0 Å². The van der Waals surface area contributed by atoms with Crippen LogP contribution in [-0.4, -0.2) is 8.97 Å². The molecule has 0 fully saturated rings. The quantitative estimate of drug-likeness (QED) is 0.538. The number of nitrogens with zero attached hydrogens (tertiary/aromatic N) is 2. The van der Waals surface area contributed by atoms with Crippen LogP contribution in [0.5, 0.6) is 0 Å². The summed E-state index contributed by atoms with van der Waals surface area (Å²) in [4.78, 5) is 11.3. The molecule has 56 valence electrons. The highest BCUT2D eigenvalue weighted by Crippen LogP contribution is 1.95. The van der Waals surface area contributed by atoms with E-state index >= 15 is 0 Å². The fourth-order valence-electron chi connectivity index (χ4n) is 1.13.